The van der Waals surface area contributed by atoms with Crippen LogP contribution in [0.1, 0.15) is 11.3 Å². The first-order valence-corrected chi connectivity index (χ1v) is 10.9. The number of nitro groups is 1. The van der Waals surface area contributed by atoms with E-state index in [1.165, 1.54) is 40.5 Å². The molecule has 27 heavy (non-hydrogen) atoms. The minimum atomic E-state index is -3.14. The smallest absolute Gasteiger partial charge is 0.273 e. The minimum absolute atomic E-state index is 0.0546. The maximum atomic E-state index is 12.7. The number of sulfone groups is 1. The minimum Gasteiger partial charge on any atom is -0.484 e. The van der Waals surface area contributed by atoms with Gasteiger partial charge in [-0.3, -0.25) is 14.9 Å². The Morgan fingerprint density at radius 2 is 2.15 bits per heavy atom. The Morgan fingerprint density at radius 1 is 1.33 bits per heavy atom. The summed E-state index contributed by atoms with van der Waals surface area (Å²) in [5.41, 5.74) is -0.128. The monoisotopic (exact) mass is 410 g/mol. The topological polar surface area (TPSA) is 107 Å². The highest BCUT2D eigenvalue weighted by atomic mass is 32.2. The molecule has 1 amide bonds. The molecule has 1 fully saturated rings. The van der Waals surface area contributed by atoms with Gasteiger partial charge in [0.2, 0.25) is 0 Å². The van der Waals surface area contributed by atoms with E-state index < -0.39 is 20.8 Å². The zero-order valence-corrected chi connectivity index (χ0v) is 15.9. The maximum Gasteiger partial charge on any atom is 0.273 e. The summed E-state index contributed by atoms with van der Waals surface area (Å²) >= 11 is 1.49. The van der Waals surface area contributed by atoms with Gasteiger partial charge in [-0.2, -0.15) is 0 Å². The number of thiophene rings is 1. The number of hydrogen-bond acceptors (Lipinski definition) is 7. The van der Waals surface area contributed by atoms with Gasteiger partial charge in [0.25, 0.3) is 11.6 Å². The average Bonchev–Trinajstić information content (AvgIpc) is 3.27. The van der Waals surface area contributed by atoms with Crippen molar-refractivity contribution < 1.29 is 22.9 Å². The lowest BCUT2D eigenvalue weighted by Gasteiger charge is -2.27. The van der Waals surface area contributed by atoms with Crippen LogP contribution in [0.25, 0.3) is 0 Å². The largest absolute Gasteiger partial charge is 0.484 e. The SMILES string of the molecule is O=C(COc1cccc([N+](=O)[O-])c1)N(Cc1cccs1)C1CCS(=O)(=O)C1. The third-order valence-electron chi connectivity index (χ3n) is 4.27. The summed E-state index contributed by atoms with van der Waals surface area (Å²) in [4.78, 5) is 25.5. The van der Waals surface area contributed by atoms with Crippen molar-refractivity contribution in [2.45, 2.75) is 19.0 Å². The molecular formula is C17H18N2O6S2. The van der Waals surface area contributed by atoms with Crippen molar-refractivity contribution in [2.24, 2.45) is 0 Å². The van der Waals surface area contributed by atoms with E-state index in [1.807, 2.05) is 17.5 Å². The van der Waals surface area contributed by atoms with Gasteiger partial charge in [-0.1, -0.05) is 12.1 Å². The standard InChI is InChI=1S/C17H18N2O6S2/c20-17(11-25-15-4-1-3-13(9-15)19(21)22)18(10-16-5-2-7-26-16)14-6-8-27(23,24)12-14/h1-5,7,9,14H,6,8,10-12H2. The van der Waals surface area contributed by atoms with E-state index in [0.29, 0.717) is 13.0 Å². The van der Waals surface area contributed by atoms with E-state index in [9.17, 15) is 23.3 Å². The summed E-state index contributed by atoms with van der Waals surface area (Å²) in [5.74, 6) is -0.122. The summed E-state index contributed by atoms with van der Waals surface area (Å²) in [6, 6.07) is 8.95. The Balaban J connectivity index is 1.71. The first-order valence-electron chi connectivity index (χ1n) is 8.23. The van der Waals surface area contributed by atoms with Gasteiger partial charge in [0.1, 0.15) is 5.75 Å². The molecule has 2 heterocycles. The summed E-state index contributed by atoms with van der Waals surface area (Å²) in [5, 5.41) is 12.7. The number of carbonyl (C=O) groups is 1. The van der Waals surface area contributed by atoms with Gasteiger partial charge in [0.05, 0.1) is 29.0 Å². The zero-order chi connectivity index (χ0) is 19.4. The lowest BCUT2D eigenvalue weighted by Crippen LogP contribution is -2.42. The molecule has 1 aliphatic rings. The quantitative estimate of drug-likeness (QED) is 0.512. The van der Waals surface area contributed by atoms with Crippen LogP contribution >= 0.6 is 11.3 Å². The summed E-state index contributed by atoms with van der Waals surface area (Å²) in [6.07, 6.45) is 0.399. The molecule has 0 radical (unpaired) electrons. The van der Waals surface area contributed by atoms with Crippen molar-refractivity contribution in [3.05, 3.63) is 56.8 Å². The molecule has 3 rings (SSSR count). The number of nitro benzene ring substituents is 1. The first kappa shape index (κ1) is 19.3. The van der Waals surface area contributed by atoms with Gasteiger partial charge in [-0.05, 0) is 23.9 Å². The second kappa shape index (κ2) is 8.05. The molecule has 10 heteroatoms. The van der Waals surface area contributed by atoms with Gasteiger partial charge in [0, 0.05) is 17.0 Å². The highest BCUT2D eigenvalue weighted by molar-refractivity contribution is 7.91. The zero-order valence-electron chi connectivity index (χ0n) is 14.3. The van der Waals surface area contributed by atoms with Crippen LogP contribution in [-0.4, -0.2) is 48.3 Å². The molecule has 0 aliphatic carbocycles. The van der Waals surface area contributed by atoms with Gasteiger partial charge in [0.15, 0.2) is 16.4 Å². The maximum absolute atomic E-state index is 12.7. The van der Waals surface area contributed by atoms with Crippen LogP contribution in [0.5, 0.6) is 5.75 Å². The molecule has 1 atom stereocenters. The molecule has 2 aromatic rings. The molecule has 1 aromatic heterocycles. The summed E-state index contributed by atoms with van der Waals surface area (Å²) < 4.78 is 29.1. The molecule has 0 spiro atoms. The third-order valence-corrected chi connectivity index (χ3v) is 6.88. The third kappa shape index (κ3) is 5.04. The van der Waals surface area contributed by atoms with E-state index in [2.05, 4.69) is 0 Å². The Labute approximate surface area is 160 Å². The van der Waals surface area contributed by atoms with Crippen LogP contribution in [0.4, 0.5) is 5.69 Å². The van der Waals surface area contributed by atoms with Crippen LogP contribution in [0, 0.1) is 10.1 Å². The lowest BCUT2D eigenvalue weighted by atomic mass is 10.2. The second-order valence-corrected chi connectivity index (χ2v) is 9.46. The number of ether oxygens (including phenoxy) is 1. The molecule has 8 nitrogen and oxygen atoms in total. The lowest BCUT2D eigenvalue weighted by molar-refractivity contribution is -0.384. The second-order valence-electron chi connectivity index (χ2n) is 6.20. The fourth-order valence-electron chi connectivity index (χ4n) is 2.93. The fourth-order valence-corrected chi connectivity index (χ4v) is 5.36. The first-order chi connectivity index (χ1) is 12.8. The van der Waals surface area contributed by atoms with Crippen molar-refractivity contribution in [3.8, 4) is 5.75 Å². The Morgan fingerprint density at radius 3 is 2.78 bits per heavy atom. The Bertz CT molecular complexity index is 927. The Kier molecular flexibility index (Phi) is 5.76. The number of amides is 1. The van der Waals surface area contributed by atoms with E-state index in [0.717, 1.165) is 4.88 Å². The normalized spacial score (nSPS) is 18.1. The molecule has 1 saturated heterocycles. The van der Waals surface area contributed by atoms with E-state index in [4.69, 9.17) is 4.74 Å². The van der Waals surface area contributed by atoms with Crippen LogP contribution in [0.3, 0.4) is 0 Å². The van der Waals surface area contributed by atoms with Crippen LogP contribution in [0.15, 0.2) is 41.8 Å². The number of rotatable bonds is 7. The van der Waals surface area contributed by atoms with Crippen molar-refractivity contribution in [2.75, 3.05) is 18.1 Å². The molecule has 0 N–H and O–H groups in total. The molecule has 0 bridgehead atoms. The molecule has 1 unspecified atom stereocenters. The van der Waals surface area contributed by atoms with Crippen LogP contribution in [-0.2, 0) is 21.2 Å². The number of carbonyl (C=O) groups excluding carboxylic acids is 1. The molecule has 0 saturated carbocycles. The van der Waals surface area contributed by atoms with Gasteiger partial charge in [-0.25, -0.2) is 8.42 Å². The van der Waals surface area contributed by atoms with Crippen molar-refractivity contribution in [3.63, 3.8) is 0 Å². The Hall–Kier alpha value is -2.46. The van der Waals surface area contributed by atoms with Crippen molar-refractivity contribution in [1.82, 2.24) is 4.90 Å². The summed E-state index contributed by atoms with van der Waals surface area (Å²) in [7, 11) is -3.14. The predicted octanol–water partition coefficient (Wildman–Crippen LogP) is 2.25. The van der Waals surface area contributed by atoms with E-state index in [1.54, 1.807) is 0 Å². The molecular weight excluding hydrogens is 392 g/mol. The molecule has 1 aliphatic heterocycles. The van der Waals surface area contributed by atoms with Crippen molar-refractivity contribution >= 4 is 32.8 Å². The number of benzene rings is 1. The number of non-ortho nitro benzene ring substituents is 1. The average molecular weight is 410 g/mol. The van der Waals surface area contributed by atoms with Gasteiger partial charge in [-0.15, -0.1) is 11.3 Å². The van der Waals surface area contributed by atoms with Crippen molar-refractivity contribution in [1.29, 1.82) is 0 Å². The number of nitrogens with zero attached hydrogens (tertiary/aromatic N) is 2. The highest BCUT2D eigenvalue weighted by Crippen LogP contribution is 2.23. The molecule has 1 aromatic carbocycles. The van der Waals surface area contributed by atoms with Crippen LogP contribution in [0.2, 0.25) is 0 Å². The summed E-state index contributed by atoms with van der Waals surface area (Å²) in [6.45, 7) is -0.00191. The fraction of sp³-hybridized carbons (Fsp3) is 0.353. The van der Waals surface area contributed by atoms with Gasteiger partial charge < -0.3 is 9.64 Å². The predicted molar refractivity (Wildman–Crippen MR) is 101 cm³/mol. The van der Waals surface area contributed by atoms with Crippen LogP contribution < -0.4 is 4.74 Å². The highest BCUT2D eigenvalue weighted by Gasteiger charge is 2.35. The van der Waals surface area contributed by atoms with E-state index in [-0.39, 0.29) is 35.5 Å². The van der Waals surface area contributed by atoms with Gasteiger partial charge >= 0.3 is 0 Å². The van der Waals surface area contributed by atoms with E-state index >= 15 is 0 Å². The molecule has 144 valence electrons. The number of hydrogen-bond donors (Lipinski definition) is 0.